The van der Waals surface area contributed by atoms with Crippen LogP contribution in [0.25, 0.3) is 0 Å². The van der Waals surface area contributed by atoms with Gasteiger partial charge in [-0.05, 0) is 24.6 Å². The summed E-state index contributed by atoms with van der Waals surface area (Å²) in [6.07, 6.45) is 0. The predicted octanol–water partition coefficient (Wildman–Crippen LogP) is 2.45. The fraction of sp³-hybridized carbons (Fsp3) is 0.400. The van der Waals surface area contributed by atoms with Gasteiger partial charge in [-0.15, -0.1) is 0 Å². The molecule has 0 bridgehead atoms. The molecule has 0 saturated heterocycles. The van der Waals surface area contributed by atoms with E-state index in [1.807, 2.05) is 6.92 Å². The fourth-order valence-corrected chi connectivity index (χ4v) is 1.52. The minimum atomic E-state index is -0.0857. The number of aliphatic hydroxyl groups is 1. The molecule has 0 aromatic heterocycles. The highest BCUT2D eigenvalue weighted by atomic mass is 35.5. The summed E-state index contributed by atoms with van der Waals surface area (Å²) in [4.78, 5) is 0. The van der Waals surface area contributed by atoms with Crippen molar-refractivity contribution in [1.82, 2.24) is 0 Å². The number of phenols is 1. The number of aromatic hydroxyl groups is 1. The second-order valence-corrected chi connectivity index (χ2v) is 3.68. The number of rotatable bonds is 2. The highest BCUT2D eigenvalue weighted by Crippen LogP contribution is 2.31. The van der Waals surface area contributed by atoms with Gasteiger partial charge < -0.3 is 10.2 Å². The maximum Gasteiger partial charge on any atom is 0.122 e. The standard InChI is InChI=1S/C10H13ClO2/c1-6-3-8(11)4-9(10(6)13)7(2)5-12/h3-4,7,12-13H,5H2,1-2H3. The molecule has 0 aliphatic heterocycles. The Hall–Kier alpha value is -0.730. The highest BCUT2D eigenvalue weighted by Gasteiger charge is 2.12. The number of halogens is 1. The Morgan fingerprint density at radius 1 is 1.46 bits per heavy atom. The first-order valence-corrected chi connectivity index (χ1v) is 4.54. The van der Waals surface area contributed by atoms with E-state index >= 15 is 0 Å². The molecule has 2 N–H and O–H groups in total. The number of aryl methyl sites for hydroxylation is 1. The molecular formula is C10H13ClO2. The largest absolute Gasteiger partial charge is 0.507 e. The van der Waals surface area contributed by atoms with Crippen LogP contribution in [0.3, 0.4) is 0 Å². The summed E-state index contributed by atoms with van der Waals surface area (Å²) in [5.74, 6) is 0.142. The van der Waals surface area contributed by atoms with Crippen molar-refractivity contribution in [3.05, 3.63) is 28.3 Å². The summed E-state index contributed by atoms with van der Waals surface area (Å²) in [7, 11) is 0. The number of hydrogen-bond donors (Lipinski definition) is 2. The van der Waals surface area contributed by atoms with Gasteiger partial charge in [-0.3, -0.25) is 0 Å². The molecule has 0 aliphatic rings. The first-order chi connectivity index (χ1) is 6.06. The Balaban J connectivity index is 3.20. The van der Waals surface area contributed by atoms with Crippen LogP contribution in [0, 0.1) is 6.92 Å². The van der Waals surface area contributed by atoms with Gasteiger partial charge in [-0.2, -0.15) is 0 Å². The second kappa shape index (κ2) is 3.99. The average molecular weight is 201 g/mol. The highest BCUT2D eigenvalue weighted by molar-refractivity contribution is 6.30. The maximum atomic E-state index is 9.65. The summed E-state index contributed by atoms with van der Waals surface area (Å²) in [5.41, 5.74) is 1.44. The number of benzene rings is 1. The lowest BCUT2D eigenvalue weighted by atomic mass is 9.99. The SMILES string of the molecule is Cc1cc(Cl)cc(C(C)CO)c1O. The van der Waals surface area contributed by atoms with Gasteiger partial charge in [0.25, 0.3) is 0 Å². The van der Waals surface area contributed by atoms with Gasteiger partial charge in [0, 0.05) is 23.1 Å². The van der Waals surface area contributed by atoms with Gasteiger partial charge >= 0.3 is 0 Å². The van der Waals surface area contributed by atoms with Crippen molar-refractivity contribution in [1.29, 1.82) is 0 Å². The monoisotopic (exact) mass is 200 g/mol. The van der Waals surface area contributed by atoms with Crippen LogP contribution in [0.1, 0.15) is 24.0 Å². The van der Waals surface area contributed by atoms with Gasteiger partial charge in [-0.1, -0.05) is 18.5 Å². The van der Waals surface area contributed by atoms with Gasteiger partial charge in [-0.25, -0.2) is 0 Å². The topological polar surface area (TPSA) is 40.5 Å². The molecule has 13 heavy (non-hydrogen) atoms. The van der Waals surface area contributed by atoms with E-state index in [-0.39, 0.29) is 18.3 Å². The van der Waals surface area contributed by atoms with Gasteiger partial charge in [0.1, 0.15) is 5.75 Å². The summed E-state index contributed by atoms with van der Waals surface area (Å²) in [6, 6.07) is 3.38. The molecule has 0 radical (unpaired) electrons. The van der Waals surface area contributed by atoms with Crippen LogP contribution in [-0.4, -0.2) is 16.8 Å². The molecule has 0 spiro atoms. The molecule has 3 heteroatoms. The van der Waals surface area contributed by atoms with Crippen LogP contribution in [0.2, 0.25) is 5.02 Å². The molecule has 1 unspecified atom stereocenters. The zero-order chi connectivity index (χ0) is 10.0. The quantitative estimate of drug-likeness (QED) is 0.770. The molecule has 0 heterocycles. The van der Waals surface area contributed by atoms with Crippen molar-refractivity contribution in [3.63, 3.8) is 0 Å². The van der Waals surface area contributed by atoms with Crippen LogP contribution < -0.4 is 0 Å². The van der Waals surface area contributed by atoms with E-state index in [2.05, 4.69) is 0 Å². The van der Waals surface area contributed by atoms with Crippen molar-refractivity contribution in [3.8, 4) is 5.75 Å². The van der Waals surface area contributed by atoms with Crippen LogP contribution in [0.5, 0.6) is 5.75 Å². The van der Waals surface area contributed by atoms with E-state index in [1.54, 1.807) is 19.1 Å². The number of phenolic OH excluding ortho intramolecular Hbond substituents is 1. The summed E-state index contributed by atoms with van der Waals surface area (Å²) in [6.45, 7) is 3.63. The third kappa shape index (κ3) is 2.14. The molecule has 1 rings (SSSR count). The van der Waals surface area contributed by atoms with Crippen molar-refractivity contribution in [2.24, 2.45) is 0 Å². The lowest BCUT2D eigenvalue weighted by molar-refractivity contribution is 0.270. The Bertz CT molecular complexity index is 310. The first kappa shape index (κ1) is 10.4. The van der Waals surface area contributed by atoms with E-state index in [9.17, 15) is 5.11 Å². The molecule has 1 aromatic rings. The lowest BCUT2D eigenvalue weighted by Gasteiger charge is -2.12. The molecule has 1 aromatic carbocycles. The zero-order valence-electron chi connectivity index (χ0n) is 7.71. The smallest absolute Gasteiger partial charge is 0.122 e. The maximum absolute atomic E-state index is 9.65. The van der Waals surface area contributed by atoms with Crippen LogP contribution >= 0.6 is 11.6 Å². The Morgan fingerprint density at radius 3 is 2.62 bits per heavy atom. The fourth-order valence-electron chi connectivity index (χ4n) is 1.24. The first-order valence-electron chi connectivity index (χ1n) is 4.16. The number of aliphatic hydroxyl groups excluding tert-OH is 1. The summed E-state index contributed by atoms with van der Waals surface area (Å²) < 4.78 is 0. The summed E-state index contributed by atoms with van der Waals surface area (Å²) in [5, 5.41) is 19.2. The normalized spacial score (nSPS) is 12.9. The van der Waals surface area contributed by atoms with E-state index in [0.717, 1.165) is 5.56 Å². The Labute approximate surface area is 82.8 Å². The van der Waals surface area contributed by atoms with E-state index in [4.69, 9.17) is 16.7 Å². The van der Waals surface area contributed by atoms with E-state index in [0.29, 0.717) is 10.6 Å². The third-order valence-electron chi connectivity index (χ3n) is 2.10. The van der Waals surface area contributed by atoms with Crippen LogP contribution in [0.4, 0.5) is 0 Å². The Kier molecular flexibility index (Phi) is 3.17. The molecule has 1 atom stereocenters. The van der Waals surface area contributed by atoms with Crippen LogP contribution in [0.15, 0.2) is 12.1 Å². The number of hydrogen-bond acceptors (Lipinski definition) is 2. The molecule has 2 nitrogen and oxygen atoms in total. The van der Waals surface area contributed by atoms with Gasteiger partial charge in [0.05, 0.1) is 0 Å². The third-order valence-corrected chi connectivity index (χ3v) is 2.32. The van der Waals surface area contributed by atoms with E-state index in [1.165, 1.54) is 0 Å². The molecule has 0 amide bonds. The van der Waals surface area contributed by atoms with E-state index < -0.39 is 0 Å². The average Bonchev–Trinajstić information content (AvgIpc) is 2.10. The van der Waals surface area contributed by atoms with Crippen molar-refractivity contribution >= 4 is 11.6 Å². The van der Waals surface area contributed by atoms with Crippen molar-refractivity contribution < 1.29 is 10.2 Å². The van der Waals surface area contributed by atoms with Gasteiger partial charge in [0.15, 0.2) is 0 Å². The second-order valence-electron chi connectivity index (χ2n) is 3.24. The molecule has 72 valence electrons. The lowest BCUT2D eigenvalue weighted by Crippen LogP contribution is -2.00. The minimum Gasteiger partial charge on any atom is -0.507 e. The Morgan fingerprint density at radius 2 is 2.08 bits per heavy atom. The molecule has 0 fully saturated rings. The minimum absolute atomic E-state index is 0.00728. The molecule has 0 saturated carbocycles. The van der Waals surface area contributed by atoms with Crippen LogP contribution in [-0.2, 0) is 0 Å². The van der Waals surface area contributed by atoms with Crippen molar-refractivity contribution in [2.45, 2.75) is 19.8 Å². The van der Waals surface area contributed by atoms with Gasteiger partial charge in [0.2, 0.25) is 0 Å². The molecule has 0 aliphatic carbocycles. The summed E-state index contributed by atoms with van der Waals surface area (Å²) >= 11 is 5.83. The van der Waals surface area contributed by atoms with Crippen molar-refractivity contribution in [2.75, 3.05) is 6.61 Å². The predicted molar refractivity (Wildman–Crippen MR) is 53.4 cm³/mol. The molecular weight excluding hydrogens is 188 g/mol. The zero-order valence-corrected chi connectivity index (χ0v) is 8.47.